The van der Waals surface area contributed by atoms with Crippen LogP contribution in [0.15, 0.2) is 78.5 Å². The topological polar surface area (TPSA) is 74.1 Å². The molecule has 3 aromatic carbocycles. The predicted molar refractivity (Wildman–Crippen MR) is 108 cm³/mol. The summed E-state index contributed by atoms with van der Waals surface area (Å²) in [7, 11) is 0. The normalized spacial score (nSPS) is 10.9. The monoisotopic (exact) mass is 357 g/mol. The molecule has 0 heterocycles. The van der Waals surface area contributed by atoms with Crippen LogP contribution >= 0.6 is 0 Å². The summed E-state index contributed by atoms with van der Waals surface area (Å²) >= 11 is 0. The molecule has 0 fully saturated rings. The molecule has 5 heteroatoms. The standard InChI is InChI=1S/C22H19N3O2/c1-2-27-19-12-10-18(11-13-19)25-22(26)17(14-23)15-24-21-9-5-7-16-6-3-4-8-20(16)21/h3-13,15,24H,2H2,1H3,(H,25,26)/b17-15-. The Morgan fingerprint density at radius 2 is 1.81 bits per heavy atom. The fraction of sp³-hybridized carbons (Fsp3) is 0.0909. The van der Waals surface area contributed by atoms with Gasteiger partial charge in [0.15, 0.2) is 0 Å². The molecule has 0 aliphatic heterocycles. The van der Waals surface area contributed by atoms with Crippen molar-refractivity contribution in [3.8, 4) is 11.8 Å². The lowest BCUT2D eigenvalue weighted by molar-refractivity contribution is -0.112. The molecule has 0 atom stereocenters. The van der Waals surface area contributed by atoms with E-state index in [4.69, 9.17) is 4.74 Å². The van der Waals surface area contributed by atoms with Gasteiger partial charge in [0.2, 0.25) is 0 Å². The molecule has 0 saturated heterocycles. The quantitative estimate of drug-likeness (QED) is 0.495. The number of benzene rings is 3. The molecule has 2 N–H and O–H groups in total. The molecule has 0 unspecified atom stereocenters. The van der Waals surface area contributed by atoms with Gasteiger partial charge in [0.05, 0.1) is 6.61 Å². The second-order valence-corrected chi connectivity index (χ2v) is 5.75. The van der Waals surface area contributed by atoms with Crippen LogP contribution in [0.4, 0.5) is 11.4 Å². The van der Waals surface area contributed by atoms with E-state index in [2.05, 4.69) is 10.6 Å². The van der Waals surface area contributed by atoms with Crippen LogP contribution < -0.4 is 15.4 Å². The molecule has 3 aromatic rings. The predicted octanol–water partition coefficient (Wildman–Crippen LogP) is 4.70. The third kappa shape index (κ3) is 4.44. The van der Waals surface area contributed by atoms with Crippen molar-refractivity contribution < 1.29 is 9.53 Å². The summed E-state index contributed by atoms with van der Waals surface area (Å²) < 4.78 is 5.37. The SMILES string of the molecule is CCOc1ccc(NC(=O)/C(C#N)=C\Nc2cccc3ccccc23)cc1. The third-order valence-electron chi connectivity index (χ3n) is 3.95. The molecule has 0 saturated carbocycles. The van der Waals surface area contributed by atoms with Crippen molar-refractivity contribution in [1.82, 2.24) is 0 Å². The highest BCUT2D eigenvalue weighted by Gasteiger charge is 2.10. The summed E-state index contributed by atoms with van der Waals surface area (Å²) in [5, 5.41) is 17.2. The molecule has 0 aliphatic carbocycles. The zero-order valence-electron chi connectivity index (χ0n) is 14.9. The number of hydrogen-bond acceptors (Lipinski definition) is 4. The van der Waals surface area contributed by atoms with Crippen LogP contribution in [0.5, 0.6) is 5.75 Å². The fourth-order valence-electron chi connectivity index (χ4n) is 2.65. The van der Waals surface area contributed by atoms with Crippen LogP contribution in [0.25, 0.3) is 10.8 Å². The maximum Gasteiger partial charge on any atom is 0.267 e. The Hall–Kier alpha value is -3.78. The van der Waals surface area contributed by atoms with E-state index in [1.165, 1.54) is 6.20 Å². The second kappa shape index (κ2) is 8.54. The molecule has 5 nitrogen and oxygen atoms in total. The van der Waals surface area contributed by atoms with Crippen LogP contribution in [-0.4, -0.2) is 12.5 Å². The number of nitriles is 1. The van der Waals surface area contributed by atoms with Crippen LogP contribution in [0.3, 0.4) is 0 Å². The maximum absolute atomic E-state index is 12.4. The van der Waals surface area contributed by atoms with E-state index in [1.807, 2.05) is 55.5 Å². The molecule has 1 amide bonds. The minimum absolute atomic E-state index is 0.0168. The Balaban J connectivity index is 1.73. The van der Waals surface area contributed by atoms with Gasteiger partial charge in [-0.15, -0.1) is 0 Å². The van der Waals surface area contributed by atoms with Crippen molar-refractivity contribution >= 4 is 28.1 Å². The van der Waals surface area contributed by atoms with Gasteiger partial charge in [-0.05, 0) is 42.6 Å². The van der Waals surface area contributed by atoms with Crippen molar-refractivity contribution in [3.63, 3.8) is 0 Å². The van der Waals surface area contributed by atoms with Crippen LogP contribution in [0.1, 0.15) is 6.92 Å². The third-order valence-corrected chi connectivity index (χ3v) is 3.95. The van der Waals surface area contributed by atoms with Crippen LogP contribution in [-0.2, 0) is 4.79 Å². The molecule has 0 aromatic heterocycles. The Labute approximate surface area is 157 Å². The lowest BCUT2D eigenvalue weighted by Crippen LogP contribution is -2.14. The van der Waals surface area contributed by atoms with E-state index in [0.717, 1.165) is 22.2 Å². The molecule has 0 spiro atoms. The van der Waals surface area contributed by atoms with Crippen LogP contribution in [0, 0.1) is 11.3 Å². The summed E-state index contributed by atoms with van der Waals surface area (Å²) in [4.78, 5) is 12.4. The first-order chi connectivity index (χ1) is 13.2. The number of ether oxygens (including phenoxy) is 1. The number of carbonyl (C=O) groups is 1. The minimum Gasteiger partial charge on any atom is -0.494 e. The van der Waals surface area contributed by atoms with Gasteiger partial charge in [-0.3, -0.25) is 4.79 Å². The highest BCUT2D eigenvalue weighted by molar-refractivity contribution is 6.07. The van der Waals surface area contributed by atoms with E-state index in [0.29, 0.717) is 12.3 Å². The highest BCUT2D eigenvalue weighted by atomic mass is 16.5. The summed E-state index contributed by atoms with van der Waals surface area (Å²) in [6.07, 6.45) is 1.42. The van der Waals surface area contributed by atoms with Crippen molar-refractivity contribution in [2.24, 2.45) is 0 Å². The summed E-state index contributed by atoms with van der Waals surface area (Å²) in [5.41, 5.74) is 1.40. The fourth-order valence-corrected chi connectivity index (χ4v) is 2.65. The molecule has 3 rings (SSSR count). The van der Waals surface area contributed by atoms with Crippen LogP contribution in [0.2, 0.25) is 0 Å². The Bertz CT molecular complexity index is 1010. The summed E-state index contributed by atoms with van der Waals surface area (Å²) in [6, 6.07) is 22.7. The first-order valence-corrected chi connectivity index (χ1v) is 8.60. The van der Waals surface area contributed by atoms with Gasteiger partial charge in [-0.2, -0.15) is 5.26 Å². The van der Waals surface area contributed by atoms with Gasteiger partial charge < -0.3 is 15.4 Å². The molecule has 0 bridgehead atoms. The summed E-state index contributed by atoms with van der Waals surface area (Å²) in [6.45, 7) is 2.48. The van der Waals surface area contributed by atoms with Crippen molar-refractivity contribution in [2.75, 3.05) is 17.2 Å². The number of nitrogens with zero attached hydrogens (tertiary/aromatic N) is 1. The van der Waals surface area contributed by atoms with Gasteiger partial charge >= 0.3 is 0 Å². The molecular weight excluding hydrogens is 338 g/mol. The summed E-state index contributed by atoms with van der Waals surface area (Å²) in [5.74, 6) is 0.249. The second-order valence-electron chi connectivity index (χ2n) is 5.75. The lowest BCUT2D eigenvalue weighted by Gasteiger charge is -2.08. The van der Waals surface area contributed by atoms with E-state index in [-0.39, 0.29) is 5.57 Å². The zero-order chi connectivity index (χ0) is 19.1. The first kappa shape index (κ1) is 18.0. The van der Waals surface area contributed by atoms with Gasteiger partial charge in [0.25, 0.3) is 5.91 Å². The Morgan fingerprint density at radius 3 is 2.56 bits per heavy atom. The van der Waals surface area contributed by atoms with Crippen molar-refractivity contribution in [3.05, 3.63) is 78.5 Å². The molecule has 27 heavy (non-hydrogen) atoms. The average Bonchev–Trinajstić information content (AvgIpc) is 2.70. The molecule has 134 valence electrons. The Kier molecular flexibility index (Phi) is 5.70. The minimum atomic E-state index is -0.477. The zero-order valence-corrected chi connectivity index (χ0v) is 14.9. The van der Waals surface area contributed by atoms with Gasteiger partial charge in [0.1, 0.15) is 17.4 Å². The number of fused-ring (bicyclic) bond motifs is 1. The van der Waals surface area contributed by atoms with Crippen molar-refractivity contribution in [2.45, 2.75) is 6.92 Å². The number of amides is 1. The largest absolute Gasteiger partial charge is 0.494 e. The number of rotatable bonds is 6. The average molecular weight is 357 g/mol. The smallest absolute Gasteiger partial charge is 0.267 e. The Morgan fingerprint density at radius 1 is 1.07 bits per heavy atom. The van der Waals surface area contributed by atoms with Gasteiger partial charge in [0, 0.05) is 23.0 Å². The maximum atomic E-state index is 12.4. The van der Waals surface area contributed by atoms with E-state index >= 15 is 0 Å². The molecule has 0 radical (unpaired) electrons. The first-order valence-electron chi connectivity index (χ1n) is 8.60. The lowest BCUT2D eigenvalue weighted by atomic mass is 10.1. The molecule has 0 aliphatic rings. The number of anilines is 2. The van der Waals surface area contributed by atoms with Crippen molar-refractivity contribution in [1.29, 1.82) is 5.26 Å². The van der Waals surface area contributed by atoms with Gasteiger partial charge in [-0.25, -0.2) is 0 Å². The number of nitrogens with one attached hydrogen (secondary N) is 2. The van der Waals surface area contributed by atoms with E-state index < -0.39 is 5.91 Å². The van der Waals surface area contributed by atoms with E-state index in [1.54, 1.807) is 24.3 Å². The van der Waals surface area contributed by atoms with E-state index in [9.17, 15) is 10.1 Å². The molecular formula is C22H19N3O2. The van der Waals surface area contributed by atoms with Gasteiger partial charge in [-0.1, -0.05) is 36.4 Å². The number of hydrogen-bond donors (Lipinski definition) is 2. The highest BCUT2D eigenvalue weighted by Crippen LogP contribution is 2.23. The number of carbonyl (C=O) groups excluding carboxylic acids is 1.